The molecule has 0 aliphatic heterocycles. The number of benzene rings is 12. The Bertz CT molecular complexity index is 4250. The SMILES string of the molecule is CC(C)c1ccc(-c2ccccc2N(c2ccc(-c3ccccc3)cc2)c2ccc3cc4c(cc3c2)oc2cc3cc(N(c5ccccc5-c5ccccc5)c5ccccc5-c5ccc(C(C)C)cc5)ccc3cc24)cc1. The fraction of sp³-hybridized carbons (Fsp3) is 0.0811. The van der Waals surface area contributed by atoms with Crippen LogP contribution in [0, 0.1) is 0 Å². The fourth-order valence-corrected chi connectivity index (χ4v) is 11.2. The molecule has 1 heterocycles. The quantitative estimate of drug-likeness (QED) is 0.122. The third-order valence-corrected chi connectivity index (χ3v) is 15.4. The zero-order chi connectivity index (χ0) is 52.0. The second-order valence-electron chi connectivity index (χ2n) is 20.9. The van der Waals surface area contributed by atoms with Crippen LogP contribution in [0.5, 0.6) is 0 Å². The molecule has 0 amide bonds. The van der Waals surface area contributed by atoms with E-state index in [1.54, 1.807) is 0 Å². The van der Waals surface area contributed by atoms with Crippen LogP contribution < -0.4 is 9.80 Å². The first kappa shape index (κ1) is 47.3. The number of furan rings is 1. The van der Waals surface area contributed by atoms with Crippen LogP contribution in [0.1, 0.15) is 50.7 Å². The standard InChI is InChI=1S/C74H58N2O/c1-49(2)51-27-31-56(32-28-51)66-22-11-14-24-70(66)75(62-39-35-54(36-40-62)53-17-7-5-8-18-53)63-41-37-58-45-68-69-46-59-38-42-64(44-61(59)48-74(69)77-73(68)47-60(58)43-63)76(71-25-15-12-21-65(71)55-19-9-6-10-20-55)72-26-16-13-23-67(72)57-33-29-52(30-34-57)50(3)4/h5-50H,1-4H3. The highest BCUT2D eigenvalue weighted by Crippen LogP contribution is 2.47. The average molecular weight is 991 g/mol. The molecule has 370 valence electrons. The van der Waals surface area contributed by atoms with Crippen LogP contribution in [0.15, 0.2) is 271 Å². The summed E-state index contributed by atoms with van der Waals surface area (Å²) >= 11 is 0. The normalized spacial score (nSPS) is 11.6. The van der Waals surface area contributed by atoms with Crippen molar-refractivity contribution in [2.45, 2.75) is 39.5 Å². The van der Waals surface area contributed by atoms with Gasteiger partial charge in [0.15, 0.2) is 0 Å². The largest absolute Gasteiger partial charge is 0.456 e. The molecule has 0 radical (unpaired) electrons. The predicted octanol–water partition coefficient (Wildman–Crippen LogP) is 21.7. The first-order chi connectivity index (χ1) is 37.8. The van der Waals surface area contributed by atoms with E-state index in [2.05, 4.69) is 304 Å². The summed E-state index contributed by atoms with van der Waals surface area (Å²) in [6.07, 6.45) is 0. The first-order valence-electron chi connectivity index (χ1n) is 26.9. The highest BCUT2D eigenvalue weighted by molar-refractivity contribution is 6.14. The maximum Gasteiger partial charge on any atom is 0.136 e. The average Bonchev–Trinajstić information content (AvgIpc) is 3.92. The Morgan fingerprint density at radius 1 is 0.273 bits per heavy atom. The lowest BCUT2D eigenvalue weighted by atomic mass is 9.96. The molecule has 0 fully saturated rings. The second-order valence-corrected chi connectivity index (χ2v) is 20.9. The zero-order valence-corrected chi connectivity index (χ0v) is 43.9. The lowest BCUT2D eigenvalue weighted by Crippen LogP contribution is -2.12. The maximum absolute atomic E-state index is 6.92. The van der Waals surface area contributed by atoms with Gasteiger partial charge in [-0.25, -0.2) is 0 Å². The second kappa shape index (κ2) is 20.0. The van der Waals surface area contributed by atoms with Crippen LogP contribution in [0.2, 0.25) is 0 Å². The van der Waals surface area contributed by atoms with Gasteiger partial charge in [-0.2, -0.15) is 0 Å². The third-order valence-electron chi connectivity index (χ3n) is 15.4. The van der Waals surface area contributed by atoms with Gasteiger partial charge < -0.3 is 14.2 Å². The van der Waals surface area contributed by atoms with E-state index >= 15 is 0 Å². The van der Waals surface area contributed by atoms with Gasteiger partial charge in [0, 0.05) is 44.5 Å². The van der Waals surface area contributed by atoms with E-state index in [1.165, 1.54) is 50.1 Å². The molecule has 13 rings (SSSR count). The molecule has 3 nitrogen and oxygen atoms in total. The molecule has 0 bridgehead atoms. The van der Waals surface area contributed by atoms with Gasteiger partial charge in [-0.15, -0.1) is 0 Å². The molecule has 1 aromatic heterocycles. The summed E-state index contributed by atoms with van der Waals surface area (Å²) in [6.45, 7) is 8.99. The van der Waals surface area contributed by atoms with E-state index < -0.39 is 0 Å². The molecule has 0 saturated heterocycles. The molecule has 0 N–H and O–H groups in total. The van der Waals surface area contributed by atoms with Crippen molar-refractivity contribution in [3.63, 3.8) is 0 Å². The highest BCUT2D eigenvalue weighted by Gasteiger charge is 2.23. The number of hydrogen-bond acceptors (Lipinski definition) is 3. The summed E-state index contributed by atoms with van der Waals surface area (Å²) in [5.74, 6) is 0.912. The molecule has 0 saturated carbocycles. The van der Waals surface area contributed by atoms with Crippen LogP contribution >= 0.6 is 0 Å². The summed E-state index contributed by atoms with van der Waals surface area (Å²) < 4.78 is 6.92. The van der Waals surface area contributed by atoms with E-state index in [0.29, 0.717) is 11.8 Å². The smallest absolute Gasteiger partial charge is 0.136 e. The lowest BCUT2D eigenvalue weighted by molar-refractivity contribution is 0.670. The fourth-order valence-electron chi connectivity index (χ4n) is 11.2. The van der Waals surface area contributed by atoms with Crippen LogP contribution in [0.3, 0.4) is 0 Å². The van der Waals surface area contributed by atoms with Gasteiger partial charge in [0.25, 0.3) is 0 Å². The third kappa shape index (κ3) is 9.00. The van der Waals surface area contributed by atoms with Crippen molar-refractivity contribution >= 4 is 77.6 Å². The van der Waals surface area contributed by atoms with Gasteiger partial charge in [-0.1, -0.05) is 216 Å². The van der Waals surface area contributed by atoms with Crippen molar-refractivity contribution in [2.24, 2.45) is 0 Å². The summed E-state index contributed by atoms with van der Waals surface area (Å²) in [6, 6.07) is 97.5. The molecule has 0 aliphatic rings. The van der Waals surface area contributed by atoms with Crippen LogP contribution in [-0.2, 0) is 0 Å². The molecule has 77 heavy (non-hydrogen) atoms. The summed E-state index contributed by atoms with van der Waals surface area (Å²) in [5, 5.41) is 6.72. The Labute approximate surface area is 451 Å². The number of nitrogens with zero attached hydrogens (tertiary/aromatic N) is 2. The molecular formula is C74H58N2O. The topological polar surface area (TPSA) is 19.6 Å². The molecule has 12 aromatic carbocycles. The van der Waals surface area contributed by atoms with Gasteiger partial charge >= 0.3 is 0 Å². The molecule has 0 unspecified atom stereocenters. The van der Waals surface area contributed by atoms with E-state index in [1.807, 2.05) is 0 Å². The van der Waals surface area contributed by atoms with Crippen molar-refractivity contribution in [1.29, 1.82) is 0 Å². The van der Waals surface area contributed by atoms with E-state index in [9.17, 15) is 0 Å². The Hall–Kier alpha value is -9.44. The molecule has 3 heteroatoms. The minimum atomic E-state index is 0.454. The van der Waals surface area contributed by atoms with Crippen molar-refractivity contribution in [1.82, 2.24) is 0 Å². The Morgan fingerprint density at radius 2 is 0.623 bits per heavy atom. The van der Waals surface area contributed by atoms with Crippen LogP contribution in [-0.4, -0.2) is 0 Å². The maximum atomic E-state index is 6.92. The van der Waals surface area contributed by atoms with Crippen molar-refractivity contribution < 1.29 is 4.42 Å². The first-order valence-corrected chi connectivity index (χ1v) is 26.9. The molecule has 0 aliphatic carbocycles. The number of fused-ring (bicyclic) bond motifs is 5. The molecule has 0 atom stereocenters. The van der Waals surface area contributed by atoms with Crippen molar-refractivity contribution in [2.75, 3.05) is 9.80 Å². The Kier molecular flexibility index (Phi) is 12.3. The Balaban J connectivity index is 0.926. The van der Waals surface area contributed by atoms with Gasteiger partial charge in [0.2, 0.25) is 0 Å². The summed E-state index contributed by atoms with van der Waals surface area (Å²) in [5.41, 5.74) is 20.3. The Morgan fingerprint density at radius 3 is 1.08 bits per heavy atom. The van der Waals surface area contributed by atoms with Gasteiger partial charge in [0.05, 0.1) is 17.1 Å². The van der Waals surface area contributed by atoms with Crippen molar-refractivity contribution in [3.05, 3.63) is 278 Å². The predicted molar refractivity (Wildman–Crippen MR) is 328 cm³/mol. The number of hydrogen-bond donors (Lipinski definition) is 0. The van der Waals surface area contributed by atoms with Gasteiger partial charge in [-0.3, -0.25) is 0 Å². The molecule has 0 spiro atoms. The monoisotopic (exact) mass is 990 g/mol. The summed E-state index contributed by atoms with van der Waals surface area (Å²) in [7, 11) is 0. The van der Waals surface area contributed by atoms with E-state index in [4.69, 9.17) is 4.42 Å². The van der Waals surface area contributed by atoms with E-state index in [0.717, 1.165) is 83.2 Å². The van der Waals surface area contributed by atoms with Crippen LogP contribution in [0.4, 0.5) is 34.1 Å². The minimum absolute atomic E-state index is 0.454. The van der Waals surface area contributed by atoms with Crippen LogP contribution in [0.25, 0.3) is 88.0 Å². The van der Waals surface area contributed by atoms with Gasteiger partial charge in [-0.05, 0) is 151 Å². The molecule has 13 aromatic rings. The van der Waals surface area contributed by atoms with Crippen molar-refractivity contribution in [3.8, 4) is 44.5 Å². The summed E-state index contributed by atoms with van der Waals surface area (Å²) in [4.78, 5) is 4.83. The minimum Gasteiger partial charge on any atom is -0.456 e. The number of para-hydroxylation sites is 3. The van der Waals surface area contributed by atoms with E-state index in [-0.39, 0.29) is 0 Å². The van der Waals surface area contributed by atoms with Gasteiger partial charge in [0.1, 0.15) is 11.2 Å². The number of rotatable bonds is 12. The zero-order valence-electron chi connectivity index (χ0n) is 43.9. The molecular weight excluding hydrogens is 933 g/mol. The highest BCUT2D eigenvalue weighted by atomic mass is 16.3. The lowest BCUT2D eigenvalue weighted by Gasteiger charge is -2.30. The number of anilines is 6.